The molecule has 0 spiro atoms. The third-order valence-corrected chi connectivity index (χ3v) is 4.02. The van der Waals surface area contributed by atoms with Crippen LogP contribution in [0.1, 0.15) is 16.7 Å². The fraction of sp³-hybridized carbons (Fsp3) is 0.235. The molecule has 0 saturated carbocycles. The summed E-state index contributed by atoms with van der Waals surface area (Å²) < 4.78 is 13.4. The van der Waals surface area contributed by atoms with E-state index in [0.29, 0.717) is 11.3 Å². The van der Waals surface area contributed by atoms with Crippen molar-refractivity contribution in [2.45, 2.75) is 19.1 Å². The molecule has 0 aliphatic heterocycles. The van der Waals surface area contributed by atoms with Gasteiger partial charge < -0.3 is 0 Å². The molecule has 3 heteroatoms. The first-order chi connectivity index (χ1) is 9.65. The Morgan fingerprint density at radius 3 is 2.70 bits per heavy atom. The van der Waals surface area contributed by atoms with Crippen molar-refractivity contribution in [3.8, 4) is 0 Å². The predicted molar refractivity (Wildman–Crippen MR) is 82.5 cm³/mol. The van der Waals surface area contributed by atoms with Crippen LogP contribution in [0.15, 0.2) is 48.5 Å². The maximum Gasteiger partial charge on any atom is 0.147 e. The number of halogens is 1. The lowest BCUT2D eigenvalue weighted by Crippen LogP contribution is -2.07. The van der Waals surface area contributed by atoms with Gasteiger partial charge in [-0.25, -0.2) is 4.39 Å². The van der Waals surface area contributed by atoms with Gasteiger partial charge in [-0.05, 0) is 24.1 Å². The van der Waals surface area contributed by atoms with E-state index in [9.17, 15) is 9.18 Å². The standard InChI is InChI=1S/C17H17FOS/c1-13-5-4-6-14(9-13)11-20-12-16(19)10-15-7-2-3-8-17(15)18/h2-9H,10-12H2,1H3. The van der Waals surface area contributed by atoms with Crippen LogP contribution in [-0.2, 0) is 17.0 Å². The lowest BCUT2D eigenvalue weighted by Gasteiger charge is -2.04. The molecule has 0 saturated heterocycles. The van der Waals surface area contributed by atoms with E-state index in [1.54, 1.807) is 30.0 Å². The second kappa shape index (κ2) is 7.25. The van der Waals surface area contributed by atoms with Crippen molar-refractivity contribution in [3.63, 3.8) is 0 Å². The highest BCUT2D eigenvalue weighted by molar-refractivity contribution is 7.99. The van der Waals surface area contributed by atoms with E-state index in [4.69, 9.17) is 0 Å². The smallest absolute Gasteiger partial charge is 0.147 e. The topological polar surface area (TPSA) is 17.1 Å². The highest BCUT2D eigenvalue weighted by Gasteiger charge is 2.07. The first-order valence-corrected chi connectivity index (χ1v) is 7.69. The lowest BCUT2D eigenvalue weighted by atomic mass is 10.1. The second-order valence-electron chi connectivity index (χ2n) is 4.79. The Morgan fingerprint density at radius 2 is 1.95 bits per heavy atom. The maximum absolute atomic E-state index is 13.4. The monoisotopic (exact) mass is 288 g/mol. The Morgan fingerprint density at radius 1 is 1.15 bits per heavy atom. The van der Waals surface area contributed by atoms with Crippen LogP contribution in [0.2, 0.25) is 0 Å². The zero-order valence-electron chi connectivity index (χ0n) is 11.4. The van der Waals surface area contributed by atoms with Crippen LogP contribution in [0, 0.1) is 12.7 Å². The van der Waals surface area contributed by atoms with E-state index in [1.807, 2.05) is 6.07 Å². The van der Waals surface area contributed by atoms with E-state index in [2.05, 4.69) is 25.1 Å². The molecule has 1 nitrogen and oxygen atoms in total. The average Bonchev–Trinajstić information content (AvgIpc) is 2.41. The molecule has 0 N–H and O–H groups in total. The second-order valence-corrected chi connectivity index (χ2v) is 5.77. The fourth-order valence-corrected chi connectivity index (χ4v) is 2.84. The molecule has 0 bridgehead atoms. The van der Waals surface area contributed by atoms with Crippen molar-refractivity contribution in [1.82, 2.24) is 0 Å². The Kier molecular flexibility index (Phi) is 5.36. The van der Waals surface area contributed by atoms with Crippen molar-refractivity contribution in [2.75, 3.05) is 5.75 Å². The summed E-state index contributed by atoms with van der Waals surface area (Å²) in [5.74, 6) is 0.991. The average molecular weight is 288 g/mol. The number of hydrogen-bond acceptors (Lipinski definition) is 2. The predicted octanol–water partition coefficient (Wildman–Crippen LogP) is 4.18. The number of Topliss-reactive ketones (excluding diaryl/α,β-unsaturated/α-hetero) is 1. The summed E-state index contributed by atoms with van der Waals surface area (Å²) in [6, 6.07) is 14.7. The van der Waals surface area contributed by atoms with Crippen LogP contribution < -0.4 is 0 Å². The molecule has 0 unspecified atom stereocenters. The lowest BCUT2D eigenvalue weighted by molar-refractivity contribution is -0.116. The van der Waals surface area contributed by atoms with Crippen LogP contribution >= 0.6 is 11.8 Å². The summed E-state index contributed by atoms with van der Waals surface area (Å²) in [4.78, 5) is 11.8. The zero-order valence-corrected chi connectivity index (χ0v) is 12.3. The van der Waals surface area contributed by atoms with Crippen molar-refractivity contribution in [3.05, 3.63) is 71.0 Å². The van der Waals surface area contributed by atoms with E-state index in [-0.39, 0.29) is 18.0 Å². The van der Waals surface area contributed by atoms with Gasteiger partial charge in [0.15, 0.2) is 0 Å². The number of rotatable bonds is 6. The third kappa shape index (κ3) is 4.49. The first-order valence-electron chi connectivity index (χ1n) is 6.53. The minimum Gasteiger partial charge on any atom is -0.298 e. The summed E-state index contributed by atoms with van der Waals surface area (Å²) in [5, 5.41) is 0. The molecule has 20 heavy (non-hydrogen) atoms. The molecular weight excluding hydrogens is 271 g/mol. The first kappa shape index (κ1) is 14.8. The van der Waals surface area contributed by atoms with Gasteiger partial charge in [0.25, 0.3) is 0 Å². The van der Waals surface area contributed by atoms with Crippen LogP contribution in [0.3, 0.4) is 0 Å². The Balaban J connectivity index is 1.80. The molecule has 2 aromatic carbocycles. The van der Waals surface area contributed by atoms with Crippen molar-refractivity contribution < 1.29 is 9.18 Å². The molecular formula is C17H17FOS. The third-order valence-electron chi connectivity index (χ3n) is 2.96. The van der Waals surface area contributed by atoms with E-state index in [1.165, 1.54) is 17.2 Å². The quantitative estimate of drug-likeness (QED) is 0.793. The largest absolute Gasteiger partial charge is 0.298 e. The molecule has 104 valence electrons. The molecule has 2 aromatic rings. The summed E-state index contributed by atoms with van der Waals surface area (Å²) >= 11 is 1.58. The highest BCUT2D eigenvalue weighted by Crippen LogP contribution is 2.15. The van der Waals surface area contributed by atoms with Crippen molar-refractivity contribution in [1.29, 1.82) is 0 Å². The van der Waals surface area contributed by atoms with E-state index >= 15 is 0 Å². The molecule has 0 radical (unpaired) electrons. The summed E-state index contributed by atoms with van der Waals surface area (Å²) in [6.07, 6.45) is 0.174. The van der Waals surface area contributed by atoms with E-state index in [0.717, 1.165) is 5.75 Å². The number of ketones is 1. The number of aryl methyl sites for hydroxylation is 1. The summed E-state index contributed by atoms with van der Waals surface area (Å²) in [6.45, 7) is 2.05. The number of carbonyl (C=O) groups excluding carboxylic acids is 1. The minimum atomic E-state index is -0.301. The van der Waals surface area contributed by atoms with Crippen molar-refractivity contribution in [2.24, 2.45) is 0 Å². The molecule has 0 amide bonds. The van der Waals surface area contributed by atoms with Gasteiger partial charge in [0.1, 0.15) is 11.6 Å². The zero-order chi connectivity index (χ0) is 14.4. The van der Waals surface area contributed by atoms with Crippen LogP contribution in [0.5, 0.6) is 0 Å². The summed E-state index contributed by atoms with van der Waals surface area (Å²) in [7, 11) is 0. The fourth-order valence-electron chi connectivity index (χ4n) is 1.99. The van der Waals surface area contributed by atoms with Crippen LogP contribution in [-0.4, -0.2) is 11.5 Å². The Hall–Kier alpha value is -1.61. The van der Waals surface area contributed by atoms with Crippen molar-refractivity contribution >= 4 is 17.5 Å². The van der Waals surface area contributed by atoms with Gasteiger partial charge in [0, 0.05) is 12.2 Å². The van der Waals surface area contributed by atoms with E-state index < -0.39 is 0 Å². The molecule has 0 atom stereocenters. The number of hydrogen-bond donors (Lipinski definition) is 0. The molecule has 0 aliphatic carbocycles. The number of thioether (sulfide) groups is 1. The molecule has 2 rings (SSSR count). The van der Waals surface area contributed by atoms with Crippen LogP contribution in [0.25, 0.3) is 0 Å². The number of carbonyl (C=O) groups is 1. The van der Waals surface area contributed by atoms with Gasteiger partial charge in [0.05, 0.1) is 5.75 Å². The maximum atomic E-state index is 13.4. The normalized spacial score (nSPS) is 10.5. The highest BCUT2D eigenvalue weighted by atomic mass is 32.2. The summed E-state index contributed by atoms with van der Waals surface area (Å²) in [5.41, 5.74) is 2.92. The van der Waals surface area contributed by atoms with Gasteiger partial charge in [-0.1, -0.05) is 48.0 Å². The molecule has 0 heterocycles. The number of benzene rings is 2. The van der Waals surface area contributed by atoms with Gasteiger partial charge >= 0.3 is 0 Å². The minimum absolute atomic E-state index is 0.0627. The van der Waals surface area contributed by atoms with Gasteiger partial charge in [-0.15, -0.1) is 11.8 Å². The molecule has 0 aromatic heterocycles. The molecule has 0 fully saturated rings. The van der Waals surface area contributed by atoms with Crippen LogP contribution in [0.4, 0.5) is 4.39 Å². The van der Waals surface area contributed by atoms with Gasteiger partial charge in [-0.2, -0.15) is 0 Å². The Bertz CT molecular complexity index is 595. The van der Waals surface area contributed by atoms with Gasteiger partial charge in [-0.3, -0.25) is 4.79 Å². The SMILES string of the molecule is Cc1cccc(CSCC(=O)Cc2ccccc2F)c1. The van der Waals surface area contributed by atoms with Gasteiger partial charge in [0.2, 0.25) is 0 Å². The Labute approximate surface area is 123 Å². The molecule has 0 aliphatic rings.